The molecule has 1 heterocycles. The summed E-state index contributed by atoms with van der Waals surface area (Å²) in [5.41, 5.74) is 8.49. The minimum atomic E-state index is 0.596. The molecule has 1 spiro atoms. The molecule has 0 amide bonds. The van der Waals surface area contributed by atoms with Gasteiger partial charge in [0.2, 0.25) is 0 Å². The first-order valence-corrected chi connectivity index (χ1v) is 6.02. The fourth-order valence-corrected chi connectivity index (χ4v) is 3.23. The van der Waals surface area contributed by atoms with Crippen LogP contribution in [0.5, 0.6) is 0 Å². The predicted molar refractivity (Wildman–Crippen MR) is 61.7 cm³/mol. The van der Waals surface area contributed by atoms with Crippen molar-refractivity contribution in [2.24, 2.45) is 5.41 Å². The number of nitrogens with two attached hydrogens (primary N) is 1. The first-order valence-electron chi connectivity index (χ1n) is 5.04. The maximum absolute atomic E-state index is 5.77. The van der Waals surface area contributed by atoms with Crippen molar-refractivity contribution >= 4 is 23.1 Å². The van der Waals surface area contributed by atoms with E-state index in [1.54, 1.807) is 0 Å². The van der Waals surface area contributed by atoms with Gasteiger partial charge in [-0.25, -0.2) is 0 Å². The summed E-state index contributed by atoms with van der Waals surface area (Å²) in [6.45, 7) is 1.14. The van der Waals surface area contributed by atoms with Gasteiger partial charge in [-0.2, -0.15) is 0 Å². The molecule has 0 unspecified atom stereocenters. The van der Waals surface area contributed by atoms with Crippen LogP contribution < -0.4 is 11.1 Å². The lowest BCUT2D eigenvalue weighted by molar-refractivity contribution is 0.626. The van der Waals surface area contributed by atoms with E-state index in [0.29, 0.717) is 5.41 Å². The maximum Gasteiger partial charge on any atom is 0.0480 e. The largest absolute Gasteiger partial charge is 0.399 e. The standard InChI is InChI=1S/C11H14N2S/c12-8-1-2-9-10(5-8)14-7-11(3-4-11)6-13-9/h1-2,5,13H,3-4,6-7,12H2. The molecule has 3 rings (SSSR count). The summed E-state index contributed by atoms with van der Waals surface area (Å²) in [7, 11) is 0. The Balaban J connectivity index is 1.93. The van der Waals surface area contributed by atoms with Gasteiger partial charge in [-0.1, -0.05) is 0 Å². The van der Waals surface area contributed by atoms with E-state index in [9.17, 15) is 0 Å². The highest BCUT2D eigenvalue weighted by Crippen LogP contribution is 2.51. The van der Waals surface area contributed by atoms with Crippen LogP contribution in [0.4, 0.5) is 11.4 Å². The minimum absolute atomic E-state index is 0.596. The molecule has 0 atom stereocenters. The van der Waals surface area contributed by atoms with Gasteiger partial charge < -0.3 is 11.1 Å². The number of hydrogen-bond acceptors (Lipinski definition) is 3. The van der Waals surface area contributed by atoms with Gasteiger partial charge in [-0.3, -0.25) is 0 Å². The molecule has 14 heavy (non-hydrogen) atoms. The van der Waals surface area contributed by atoms with Crippen molar-refractivity contribution in [2.45, 2.75) is 17.7 Å². The Bertz CT molecular complexity index is 372. The van der Waals surface area contributed by atoms with E-state index in [1.807, 2.05) is 17.8 Å². The summed E-state index contributed by atoms with van der Waals surface area (Å²) in [5.74, 6) is 1.25. The van der Waals surface area contributed by atoms with E-state index in [2.05, 4.69) is 17.4 Å². The predicted octanol–water partition coefficient (Wildman–Crippen LogP) is 2.57. The number of nitrogens with one attached hydrogen (secondary N) is 1. The number of nitrogen functional groups attached to an aromatic ring is 1. The monoisotopic (exact) mass is 206 g/mol. The molecule has 0 saturated heterocycles. The fourth-order valence-electron chi connectivity index (χ4n) is 1.87. The van der Waals surface area contributed by atoms with Crippen molar-refractivity contribution < 1.29 is 0 Å². The molecule has 0 bridgehead atoms. The first-order chi connectivity index (χ1) is 6.77. The highest BCUT2D eigenvalue weighted by Gasteiger charge is 2.43. The topological polar surface area (TPSA) is 38.0 Å². The fraction of sp³-hybridized carbons (Fsp3) is 0.455. The zero-order chi connectivity index (χ0) is 9.60. The van der Waals surface area contributed by atoms with Crippen molar-refractivity contribution in [3.05, 3.63) is 18.2 Å². The van der Waals surface area contributed by atoms with Gasteiger partial charge in [0.25, 0.3) is 0 Å². The molecule has 1 aliphatic heterocycles. The number of rotatable bonds is 0. The summed E-state index contributed by atoms with van der Waals surface area (Å²) in [6, 6.07) is 6.14. The van der Waals surface area contributed by atoms with Crippen LogP contribution in [0.25, 0.3) is 0 Å². The maximum atomic E-state index is 5.77. The molecule has 3 heteroatoms. The molecule has 74 valence electrons. The summed E-state index contributed by atoms with van der Waals surface area (Å²) >= 11 is 1.95. The zero-order valence-corrected chi connectivity index (χ0v) is 8.86. The molecule has 1 fully saturated rings. The number of thioether (sulfide) groups is 1. The van der Waals surface area contributed by atoms with Crippen molar-refractivity contribution in [3.63, 3.8) is 0 Å². The Morgan fingerprint density at radius 1 is 1.36 bits per heavy atom. The van der Waals surface area contributed by atoms with Crippen LogP contribution in [0.15, 0.2) is 23.1 Å². The highest BCUT2D eigenvalue weighted by molar-refractivity contribution is 7.99. The molecule has 3 N–H and O–H groups in total. The molecular formula is C11H14N2S. The number of anilines is 2. The van der Waals surface area contributed by atoms with E-state index in [4.69, 9.17) is 5.73 Å². The molecule has 1 aromatic carbocycles. The van der Waals surface area contributed by atoms with Gasteiger partial charge in [-0.15, -0.1) is 11.8 Å². The van der Waals surface area contributed by atoms with Gasteiger partial charge >= 0.3 is 0 Å². The summed E-state index contributed by atoms with van der Waals surface area (Å²) < 4.78 is 0. The molecular weight excluding hydrogens is 192 g/mol. The number of hydrogen-bond donors (Lipinski definition) is 2. The van der Waals surface area contributed by atoms with Gasteiger partial charge in [0.1, 0.15) is 0 Å². The van der Waals surface area contributed by atoms with Gasteiger partial charge in [0.05, 0.1) is 0 Å². The van der Waals surface area contributed by atoms with E-state index in [0.717, 1.165) is 12.2 Å². The second-order valence-corrected chi connectivity index (χ2v) is 5.42. The van der Waals surface area contributed by atoms with E-state index in [-0.39, 0.29) is 0 Å². The normalized spacial score (nSPS) is 22.3. The van der Waals surface area contributed by atoms with Crippen LogP contribution in [-0.4, -0.2) is 12.3 Å². The van der Waals surface area contributed by atoms with Gasteiger partial charge in [-0.05, 0) is 36.5 Å². The quantitative estimate of drug-likeness (QED) is 0.641. The molecule has 2 aliphatic rings. The third-order valence-corrected chi connectivity index (χ3v) is 4.56. The SMILES string of the molecule is Nc1ccc2c(c1)SCC1(CC1)CN2. The molecule has 2 nitrogen and oxygen atoms in total. The molecule has 0 radical (unpaired) electrons. The smallest absolute Gasteiger partial charge is 0.0480 e. The van der Waals surface area contributed by atoms with E-state index in [1.165, 1.54) is 29.2 Å². The Morgan fingerprint density at radius 3 is 3.00 bits per heavy atom. The van der Waals surface area contributed by atoms with Crippen molar-refractivity contribution in [3.8, 4) is 0 Å². The van der Waals surface area contributed by atoms with Crippen molar-refractivity contribution in [1.29, 1.82) is 0 Å². The second kappa shape index (κ2) is 2.83. The average molecular weight is 206 g/mol. The lowest BCUT2D eigenvalue weighted by Gasteiger charge is -2.10. The van der Waals surface area contributed by atoms with E-state index < -0.39 is 0 Å². The molecule has 1 aromatic rings. The third kappa shape index (κ3) is 1.36. The van der Waals surface area contributed by atoms with Crippen LogP contribution in [0.2, 0.25) is 0 Å². The van der Waals surface area contributed by atoms with Crippen LogP contribution in [0, 0.1) is 5.41 Å². The summed E-state index contributed by atoms with van der Waals surface area (Å²) in [4.78, 5) is 1.31. The van der Waals surface area contributed by atoms with Crippen LogP contribution in [0.3, 0.4) is 0 Å². The Kier molecular flexibility index (Phi) is 1.71. The van der Waals surface area contributed by atoms with E-state index >= 15 is 0 Å². The van der Waals surface area contributed by atoms with Gasteiger partial charge in [0.15, 0.2) is 0 Å². The first kappa shape index (κ1) is 8.48. The van der Waals surface area contributed by atoms with Crippen LogP contribution >= 0.6 is 11.8 Å². The lowest BCUT2D eigenvalue weighted by atomic mass is 10.1. The summed E-state index contributed by atoms with van der Waals surface area (Å²) in [6.07, 6.45) is 2.77. The molecule has 0 aromatic heterocycles. The van der Waals surface area contributed by atoms with Crippen molar-refractivity contribution in [1.82, 2.24) is 0 Å². The third-order valence-electron chi connectivity index (χ3n) is 3.15. The Hall–Kier alpha value is -0.830. The number of benzene rings is 1. The van der Waals surface area contributed by atoms with Gasteiger partial charge in [0, 0.05) is 28.6 Å². The zero-order valence-electron chi connectivity index (χ0n) is 8.05. The average Bonchev–Trinajstić information content (AvgIpc) is 2.96. The molecule has 1 saturated carbocycles. The van der Waals surface area contributed by atoms with Crippen molar-refractivity contribution in [2.75, 3.05) is 23.3 Å². The van der Waals surface area contributed by atoms with Crippen LogP contribution in [-0.2, 0) is 0 Å². The second-order valence-electron chi connectivity index (χ2n) is 4.40. The Morgan fingerprint density at radius 2 is 2.21 bits per heavy atom. The lowest BCUT2D eigenvalue weighted by Crippen LogP contribution is -2.15. The molecule has 1 aliphatic carbocycles. The minimum Gasteiger partial charge on any atom is -0.399 e. The highest BCUT2D eigenvalue weighted by atomic mass is 32.2. The Labute approximate surface area is 88.3 Å². The summed E-state index contributed by atoms with van der Waals surface area (Å²) in [5, 5.41) is 3.53. The number of fused-ring (bicyclic) bond motifs is 1. The van der Waals surface area contributed by atoms with Crippen LogP contribution in [0.1, 0.15) is 12.8 Å².